The third-order valence-electron chi connectivity index (χ3n) is 17.4. The molecule has 28 heteroatoms. The zero-order valence-corrected chi connectivity index (χ0v) is 56.1. The maximum Gasteiger partial charge on any atom is 0.408 e. The predicted molar refractivity (Wildman–Crippen MR) is 322 cm³/mol. The van der Waals surface area contributed by atoms with Gasteiger partial charge in [0.15, 0.2) is 35.1 Å². The first kappa shape index (κ1) is 75.2. The number of benzene rings is 1. The van der Waals surface area contributed by atoms with E-state index in [0.717, 1.165) is 12.1 Å². The van der Waals surface area contributed by atoms with Crippen LogP contribution < -0.4 is 10.0 Å². The standard InChI is InChI=1S/C61H101N5O22S/c1-31(2)24-45(67)84-51-38(9)50(33(4)29-80-58-54(78-18)53(77-17)47(68)41(12)83-58)86-56(71)40(11)52(85-46-25-34(5)65(16)28-36(7)81-46)37(8)49(87-57-48(69)42(64-79-19)26-35(6)82-57)32(3)27-61(15,55(70)39(51)10)88-59(72)63-60(13,14)30-62-89(75,76)44-23-21-20-22-43(44)66(73)74/h20-23,31-41,46-54,57-58,62,68-69H,24-30H2,1-19H3,(H,63,72)/t32-,33?,34-,35+,36-,37+,38-,39+,40+,41+,46-,47+,48+,49-,50+,51+,52-,53+,54+,57-,58+,61-/m0/s1. The number of oxime groups is 1. The number of carbonyl (C=O) groups is 4. The number of ether oxygens (including phenoxy) is 11. The molecular formula is C61H101N5O22S. The SMILES string of the molecule is CON=C1C[C@@H](C)O[C@@H](O[C@@H]2[C@@H](C)[C@H](O[C@H]3C[C@H](C)N(C)C[C@H](C)O3)[C@@H](C)C(=O)O[C@H](C(C)CO[C@@H]3O[C@H](C)[C@@H](O)[C@@H](OC)[C@H]3OC)[C@H](C)[C@@H](OC(=O)CC(C)C)[C@@H](C)C(=O)[C@@](C)(OC(=O)NC(C)(C)CNS(=O)(=O)c3ccccc3[N+](=O)[O-])C[C@@H]2C)[C@@H]1O. The molecule has 508 valence electrons. The molecular weight excluding hydrogens is 1190 g/mol. The monoisotopic (exact) mass is 1290 g/mol. The van der Waals surface area contributed by atoms with Gasteiger partial charge in [0.05, 0.1) is 65.1 Å². The van der Waals surface area contributed by atoms with Crippen LogP contribution in [0.5, 0.6) is 0 Å². The van der Waals surface area contributed by atoms with E-state index >= 15 is 9.59 Å². The van der Waals surface area contributed by atoms with Crippen LogP contribution in [0.25, 0.3) is 0 Å². The van der Waals surface area contributed by atoms with Crippen molar-refractivity contribution in [3.8, 4) is 0 Å². The number of sulfonamides is 1. The molecule has 4 N–H and O–H groups in total. The Balaban J connectivity index is 1.71. The summed E-state index contributed by atoms with van der Waals surface area (Å²) in [6.45, 7) is 25.3. The van der Waals surface area contributed by atoms with E-state index in [-0.39, 0.29) is 49.6 Å². The van der Waals surface area contributed by atoms with Crippen molar-refractivity contribution in [2.75, 3.05) is 48.1 Å². The van der Waals surface area contributed by atoms with Gasteiger partial charge in [0.1, 0.15) is 43.7 Å². The largest absolute Gasteiger partial charge is 0.461 e. The number of cyclic esters (lactones) is 1. The van der Waals surface area contributed by atoms with Crippen LogP contribution >= 0.6 is 0 Å². The van der Waals surface area contributed by atoms with Crippen molar-refractivity contribution >= 4 is 45.2 Å². The van der Waals surface area contributed by atoms with Gasteiger partial charge in [-0.2, -0.15) is 0 Å². The topological polar surface area (TPSA) is 336 Å². The van der Waals surface area contributed by atoms with Gasteiger partial charge >= 0.3 is 18.0 Å². The fourth-order valence-electron chi connectivity index (χ4n) is 12.5. The number of aliphatic hydroxyl groups is 2. The molecule has 0 bridgehead atoms. The molecule has 0 saturated carbocycles. The average Bonchev–Trinajstić information content (AvgIpc) is 1.49. The minimum Gasteiger partial charge on any atom is -0.461 e. The molecule has 0 radical (unpaired) electrons. The number of methoxy groups -OCH3 is 2. The second kappa shape index (κ2) is 32.3. The van der Waals surface area contributed by atoms with Crippen molar-refractivity contribution in [1.82, 2.24) is 14.9 Å². The summed E-state index contributed by atoms with van der Waals surface area (Å²) < 4.78 is 99.9. The Morgan fingerprint density at radius 2 is 1.53 bits per heavy atom. The molecule has 89 heavy (non-hydrogen) atoms. The molecule has 4 fully saturated rings. The minimum absolute atomic E-state index is 0.0529. The molecule has 1 amide bonds. The van der Waals surface area contributed by atoms with E-state index in [4.69, 9.17) is 56.9 Å². The molecule has 4 aliphatic heterocycles. The van der Waals surface area contributed by atoms with Crippen LogP contribution in [0.2, 0.25) is 0 Å². The molecule has 27 nitrogen and oxygen atoms in total. The summed E-state index contributed by atoms with van der Waals surface area (Å²) >= 11 is 0. The lowest BCUT2D eigenvalue weighted by Gasteiger charge is -2.45. The van der Waals surface area contributed by atoms with Crippen LogP contribution in [0.1, 0.15) is 130 Å². The van der Waals surface area contributed by atoms with Gasteiger partial charge in [0.25, 0.3) is 5.69 Å². The highest BCUT2D eigenvalue weighted by molar-refractivity contribution is 7.89. The number of alkyl carbamates (subject to hydrolysis) is 1. The Labute approximate surface area is 524 Å². The van der Waals surface area contributed by atoms with Gasteiger partial charge in [0.2, 0.25) is 10.0 Å². The van der Waals surface area contributed by atoms with Crippen molar-refractivity contribution < 1.29 is 99.7 Å². The van der Waals surface area contributed by atoms with Crippen LogP contribution in [-0.2, 0) is 81.3 Å². The normalized spacial score (nSPS) is 36.7. The zero-order valence-electron chi connectivity index (χ0n) is 55.3. The van der Waals surface area contributed by atoms with Crippen LogP contribution in [0.15, 0.2) is 34.3 Å². The van der Waals surface area contributed by atoms with E-state index in [1.54, 1.807) is 48.5 Å². The average molecular weight is 1290 g/mol. The zero-order chi connectivity index (χ0) is 66.8. The maximum atomic E-state index is 16.1. The number of Topliss-reactive ketones (excluding diaryl/α,β-unsaturated/α-hetero) is 1. The molecule has 1 aromatic carbocycles. The fraction of sp³-hybridized carbons (Fsp3) is 0.820. The summed E-state index contributed by atoms with van der Waals surface area (Å²) in [5.74, 6) is -8.53. The first-order valence-corrected chi connectivity index (χ1v) is 32.3. The van der Waals surface area contributed by atoms with E-state index in [1.807, 2.05) is 34.7 Å². The second-order valence-corrected chi connectivity index (χ2v) is 28.0. The molecule has 4 saturated heterocycles. The molecule has 0 spiro atoms. The summed E-state index contributed by atoms with van der Waals surface area (Å²) in [4.78, 5) is 78.1. The van der Waals surface area contributed by atoms with E-state index in [0.29, 0.717) is 13.0 Å². The van der Waals surface area contributed by atoms with Crippen molar-refractivity contribution in [3.63, 3.8) is 0 Å². The number of esters is 2. The van der Waals surface area contributed by atoms with Gasteiger partial charge in [-0.25, -0.2) is 17.9 Å². The van der Waals surface area contributed by atoms with Gasteiger partial charge in [0, 0.05) is 76.4 Å². The number of nitrogens with one attached hydrogen (secondary N) is 2. The molecule has 22 atom stereocenters. The third-order valence-corrected chi connectivity index (χ3v) is 18.9. The Hall–Kier alpha value is -4.56. The lowest BCUT2D eigenvalue weighted by atomic mass is 9.74. The Bertz CT molecular complexity index is 2670. The third kappa shape index (κ3) is 19.5. The number of rotatable bonds is 21. The Morgan fingerprint density at radius 1 is 0.876 bits per heavy atom. The summed E-state index contributed by atoms with van der Waals surface area (Å²) in [5, 5.41) is 41.5. The number of nitro groups is 1. The smallest absolute Gasteiger partial charge is 0.408 e. The van der Waals surface area contributed by atoms with E-state index < -0.39 is 182 Å². The van der Waals surface area contributed by atoms with Crippen LogP contribution in [0, 0.1) is 51.5 Å². The number of likely N-dealkylation sites (N-methyl/N-ethyl adjacent to an activating group) is 1. The number of amides is 1. The summed E-state index contributed by atoms with van der Waals surface area (Å²) in [7, 11) is 1.61. The summed E-state index contributed by atoms with van der Waals surface area (Å²) in [6, 6.07) is 4.72. The number of para-hydroxylation sites is 1. The lowest BCUT2D eigenvalue weighted by molar-refractivity contribution is -0.387. The molecule has 0 aromatic heterocycles. The van der Waals surface area contributed by atoms with Crippen LogP contribution in [0.3, 0.4) is 0 Å². The number of nitrogens with zero attached hydrogens (tertiary/aromatic N) is 3. The molecule has 4 heterocycles. The van der Waals surface area contributed by atoms with Crippen molar-refractivity contribution in [2.24, 2.45) is 46.6 Å². The Kier molecular flexibility index (Phi) is 27.3. The minimum atomic E-state index is -4.55. The fourth-order valence-corrected chi connectivity index (χ4v) is 13.9. The molecule has 5 rings (SSSR count). The van der Waals surface area contributed by atoms with Gasteiger partial charge in [-0.15, -0.1) is 0 Å². The lowest BCUT2D eigenvalue weighted by Crippen LogP contribution is -2.59. The van der Waals surface area contributed by atoms with Gasteiger partial charge in [-0.3, -0.25) is 24.5 Å². The van der Waals surface area contributed by atoms with Crippen molar-refractivity contribution in [2.45, 2.75) is 238 Å². The molecule has 4 aliphatic rings. The predicted octanol–water partition coefficient (Wildman–Crippen LogP) is 5.67. The van der Waals surface area contributed by atoms with Crippen molar-refractivity contribution in [3.05, 3.63) is 34.4 Å². The number of aliphatic hydroxyl groups excluding tert-OH is 2. The maximum absolute atomic E-state index is 16.1. The van der Waals surface area contributed by atoms with Gasteiger partial charge in [-0.1, -0.05) is 65.8 Å². The number of hydrogen-bond donors (Lipinski definition) is 4. The van der Waals surface area contributed by atoms with Gasteiger partial charge in [-0.05, 0) is 86.8 Å². The first-order valence-electron chi connectivity index (χ1n) is 30.8. The van der Waals surface area contributed by atoms with Crippen LogP contribution in [-0.4, -0.2) is 209 Å². The van der Waals surface area contributed by atoms with Gasteiger partial charge < -0.3 is 77.4 Å². The highest BCUT2D eigenvalue weighted by Crippen LogP contribution is 2.41. The summed E-state index contributed by atoms with van der Waals surface area (Å²) in [5.41, 5.74) is -4.16. The molecule has 0 aliphatic carbocycles. The first-order chi connectivity index (χ1) is 41.5. The van der Waals surface area contributed by atoms with E-state index in [2.05, 4.69) is 20.1 Å². The quantitative estimate of drug-likeness (QED) is 0.0498. The Morgan fingerprint density at radius 3 is 2.15 bits per heavy atom. The number of carbonyl (C=O) groups excluding carboxylic acids is 4. The molecule has 1 aromatic rings. The van der Waals surface area contributed by atoms with E-state index in [1.165, 1.54) is 61.2 Å². The second-order valence-electron chi connectivity index (χ2n) is 26.2. The van der Waals surface area contributed by atoms with E-state index in [9.17, 15) is 38.3 Å². The summed E-state index contributed by atoms with van der Waals surface area (Å²) in [6.07, 6.45) is -15.4. The van der Waals surface area contributed by atoms with Crippen molar-refractivity contribution in [1.29, 1.82) is 0 Å². The molecule has 1 unspecified atom stereocenters. The number of hydrogen-bond acceptors (Lipinski definition) is 24. The number of ketones is 1. The number of nitro benzene ring substituents is 1. The van der Waals surface area contributed by atoms with Crippen LogP contribution in [0.4, 0.5) is 10.5 Å². The highest BCUT2D eigenvalue weighted by atomic mass is 32.2. The highest BCUT2D eigenvalue weighted by Gasteiger charge is 2.53.